The van der Waals surface area contributed by atoms with Crippen molar-refractivity contribution in [2.45, 2.75) is 32.9 Å². The lowest BCUT2D eigenvalue weighted by Crippen LogP contribution is -2.45. The maximum atomic E-state index is 13.2. The largest absolute Gasteiger partial charge is 0.495 e. The fraction of sp³-hybridized carbons (Fsp3) is 0.292. The van der Waals surface area contributed by atoms with Gasteiger partial charge in [-0.05, 0) is 56.7 Å². The molecule has 8 heteroatoms. The molecule has 0 bridgehead atoms. The molecule has 4 rings (SSSR count). The lowest BCUT2D eigenvalue weighted by atomic mass is 10.1. The second kappa shape index (κ2) is 8.82. The molecule has 1 amide bonds. The number of rotatable bonds is 5. The first-order chi connectivity index (χ1) is 15.4. The van der Waals surface area contributed by atoms with Crippen LogP contribution in [0.1, 0.15) is 36.8 Å². The summed E-state index contributed by atoms with van der Waals surface area (Å²) in [5.41, 5.74) is 3.14. The van der Waals surface area contributed by atoms with Crippen molar-refractivity contribution in [2.24, 2.45) is 0 Å². The van der Waals surface area contributed by atoms with Gasteiger partial charge in [0.2, 0.25) is 0 Å². The minimum absolute atomic E-state index is 0.197. The van der Waals surface area contributed by atoms with E-state index in [0.29, 0.717) is 18.0 Å². The van der Waals surface area contributed by atoms with Crippen molar-refractivity contribution < 1.29 is 18.7 Å². The Bertz CT molecular complexity index is 1160. The predicted octanol–water partition coefficient (Wildman–Crippen LogP) is 4.07. The van der Waals surface area contributed by atoms with Gasteiger partial charge in [0.1, 0.15) is 17.7 Å². The first kappa shape index (κ1) is 21.5. The van der Waals surface area contributed by atoms with Crippen LogP contribution in [0, 0.1) is 12.7 Å². The molecule has 0 aliphatic carbocycles. The van der Waals surface area contributed by atoms with Gasteiger partial charge in [-0.1, -0.05) is 6.07 Å². The predicted molar refractivity (Wildman–Crippen MR) is 118 cm³/mol. The van der Waals surface area contributed by atoms with Gasteiger partial charge < -0.3 is 18.9 Å². The van der Waals surface area contributed by atoms with E-state index < -0.39 is 5.82 Å². The average Bonchev–Trinajstić information content (AvgIpc) is 3.22. The van der Waals surface area contributed by atoms with E-state index in [1.165, 1.54) is 6.07 Å². The minimum atomic E-state index is -0.411. The van der Waals surface area contributed by atoms with Crippen molar-refractivity contribution in [1.82, 2.24) is 19.4 Å². The minimum Gasteiger partial charge on any atom is -0.495 e. The number of hydrogen-bond acceptors (Lipinski definition) is 5. The van der Waals surface area contributed by atoms with Crippen LogP contribution in [0.25, 0.3) is 11.8 Å². The van der Waals surface area contributed by atoms with Gasteiger partial charge in [-0.15, -0.1) is 0 Å². The lowest BCUT2D eigenvalue weighted by Gasteiger charge is -2.36. The maximum absolute atomic E-state index is 13.2. The number of halogens is 1. The highest BCUT2D eigenvalue weighted by molar-refractivity contribution is 5.96. The zero-order valence-corrected chi connectivity index (χ0v) is 18.4. The summed E-state index contributed by atoms with van der Waals surface area (Å²) in [7, 11) is 1.60. The number of aryl methyl sites for hydroxylation is 1. The van der Waals surface area contributed by atoms with E-state index in [0.717, 1.165) is 23.1 Å². The number of aromatic nitrogens is 3. The number of hydrogen-bond donors (Lipinski definition) is 0. The summed E-state index contributed by atoms with van der Waals surface area (Å²) in [6.07, 6.45) is 6.31. The van der Waals surface area contributed by atoms with E-state index >= 15 is 0 Å². The second-order valence-corrected chi connectivity index (χ2v) is 7.83. The molecule has 3 heterocycles. The SMILES string of the molecule is COc1cc(/C=C2\O[C@@H](C)CN([C@@H](C)c3ccc(F)cn3)C2=O)ccc1-n1cnc(C)c1. The fourth-order valence-electron chi connectivity index (χ4n) is 3.73. The Morgan fingerprint density at radius 1 is 1.28 bits per heavy atom. The monoisotopic (exact) mass is 436 g/mol. The molecule has 1 aliphatic rings. The quantitative estimate of drug-likeness (QED) is 0.564. The molecule has 2 aromatic heterocycles. The molecule has 7 nitrogen and oxygen atoms in total. The first-order valence-electron chi connectivity index (χ1n) is 10.4. The molecule has 2 atom stereocenters. The molecule has 0 N–H and O–H groups in total. The summed E-state index contributed by atoms with van der Waals surface area (Å²) >= 11 is 0. The van der Waals surface area contributed by atoms with Crippen LogP contribution in [0.3, 0.4) is 0 Å². The van der Waals surface area contributed by atoms with Crippen LogP contribution in [0.15, 0.2) is 54.8 Å². The molecular formula is C24H25FN4O3. The first-order valence-corrected chi connectivity index (χ1v) is 10.4. The Balaban J connectivity index is 1.62. The number of imidazole rings is 1. The van der Waals surface area contributed by atoms with E-state index in [9.17, 15) is 9.18 Å². The van der Waals surface area contributed by atoms with E-state index in [-0.39, 0.29) is 23.8 Å². The van der Waals surface area contributed by atoms with Gasteiger partial charge in [-0.3, -0.25) is 9.78 Å². The van der Waals surface area contributed by atoms with Gasteiger partial charge >= 0.3 is 0 Å². The number of carbonyl (C=O) groups excluding carboxylic acids is 1. The Morgan fingerprint density at radius 3 is 2.75 bits per heavy atom. The zero-order chi connectivity index (χ0) is 22.8. The van der Waals surface area contributed by atoms with Crippen molar-refractivity contribution in [3.8, 4) is 11.4 Å². The standard InChI is InChI=1S/C24H25FN4O3/c1-15-12-28(14-27-15)21-8-5-18(9-22(21)31-4)10-23-24(30)29(13-16(2)32-23)17(3)20-7-6-19(25)11-26-20/h5-12,14,16-17H,13H2,1-4H3/b23-10-/t16-,17-/m0/s1. The van der Waals surface area contributed by atoms with Crippen LogP contribution in [-0.4, -0.2) is 45.1 Å². The number of ether oxygens (including phenoxy) is 2. The van der Waals surface area contributed by atoms with Gasteiger partial charge in [-0.2, -0.15) is 0 Å². The molecule has 1 aromatic carbocycles. The number of morpholine rings is 1. The van der Waals surface area contributed by atoms with Crippen LogP contribution in [0.2, 0.25) is 0 Å². The smallest absolute Gasteiger partial charge is 0.289 e. The maximum Gasteiger partial charge on any atom is 0.289 e. The van der Waals surface area contributed by atoms with E-state index in [1.54, 1.807) is 30.5 Å². The number of methoxy groups -OCH3 is 1. The van der Waals surface area contributed by atoms with Crippen molar-refractivity contribution in [2.75, 3.05) is 13.7 Å². The third-order valence-corrected chi connectivity index (χ3v) is 5.39. The van der Waals surface area contributed by atoms with Crippen molar-refractivity contribution in [3.63, 3.8) is 0 Å². The number of nitrogens with zero attached hydrogens (tertiary/aromatic N) is 4. The van der Waals surface area contributed by atoms with Crippen LogP contribution >= 0.6 is 0 Å². The number of benzene rings is 1. The molecule has 0 radical (unpaired) electrons. The van der Waals surface area contributed by atoms with Crippen LogP contribution in [-0.2, 0) is 9.53 Å². The zero-order valence-electron chi connectivity index (χ0n) is 18.4. The fourth-order valence-corrected chi connectivity index (χ4v) is 3.73. The number of carbonyl (C=O) groups is 1. The summed E-state index contributed by atoms with van der Waals surface area (Å²) in [6, 6.07) is 8.28. The summed E-state index contributed by atoms with van der Waals surface area (Å²) in [5.74, 6) is 0.237. The van der Waals surface area contributed by atoms with E-state index in [4.69, 9.17) is 9.47 Å². The Labute approximate surface area is 186 Å². The third-order valence-electron chi connectivity index (χ3n) is 5.39. The van der Waals surface area contributed by atoms with Gasteiger partial charge in [0.05, 0.1) is 49.3 Å². The highest BCUT2D eigenvalue weighted by Crippen LogP contribution is 2.29. The molecule has 0 unspecified atom stereocenters. The normalized spacial score (nSPS) is 18.5. The summed E-state index contributed by atoms with van der Waals surface area (Å²) in [6.45, 7) is 6.11. The van der Waals surface area contributed by atoms with Crippen LogP contribution in [0.5, 0.6) is 5.75 Å². The summed E-state index contributed by atoms with van der Waals surface area (Å²) in [4.78, 5) is 23.3. The van der Waals surface area contributed by atoms with Gasteiger partial charge in [0, 0.05) is 6.20 Å². The molecule has 1 aliphatic heterocycles. The Morgan fingerprint density at radius 2 is 2.09 bits per heavy atom. The second-order valence-electron chi connectivity index (χ2n) is 7.83. The number of pyridine rings is 1. The lowest BCUT2D eigenvalue weighted by molar-refractivity contribution is -0.141. The summed E-state index contributed by atoms with van der Waals surface area (Å²) in [5, 5.41) is 0. The number of amides is 1. The highest BCUT2D eigenvalue weighted by atomic mass is 19.1. The Hall–Kier alpha value is -3.68. The molecule has 32 heavy (non-hydrogen) atoms. The van der Waals surface area contributed by atoms with E-state index in [2.05, 4.69) is 9.97 Å². The third kappa shape index (κ3) is 4.34. The van der Waals surface area contributed by atoms with Gasteiger partial charge in [0.25, 0.3) is 5.91 Å². The van der Waals surface area contributed by atoms with Crippen molar-refractivity contribution in [1.29, 1.82) is 0 Å². The molecule has 0 spiro atoms. The average molecular weight is 436 g/mol. The highest BCUT2D eigenvalue weighted by Gasteiger charge is 2.33. The van der Waals surface area contributed by atoms with Gasteiger partial charge in [0.15, 0.2) is 5.76 Å². The topological polar surface area (TPSA) is 69.5 Å². The van der Waals surface area contributed by atoms with Crippen LogP contribution in [0.4, 0.5) is 4.39 Å². The summed E-state index contributed by atoms with van der Waals surface area (Å²) < 4.78 is 26.6. The van der Waals surface area contributed by atoms with Crippen molar-refractivity contribution in [3.05, 3.63) is 77.6 Å². The molecular weight excluding hydrogens is 411 g/mol. The van der Waals surface area contributed by atoms with E-state index in [1.807, 2.05) is 49.7 Å². The van der Waals surface area contributed by atoms with Crippen LogP contribution < -0.4 is 4.74 Å². The molecule has 1 saturated heterocycles. The Kier molecular flexibility index (Phi) is 5.94. The van der Waals surface area contributed by atoms with Crippen molar-refractivity contribution >= 4 is 12.0 Å². The molecule has 1 fully saturated rings. The molecule has 166 valence electrons. The molecule has 0 saturated carbocycles. The van der Waals surface area contributed by atoms with Gasteiger partial charge in [-0.25, -0.2) is 9.37 Å². The molecule has 3 aromatic rings.